The fourth-order valence-corrected chi connectivity index (χ4v) is 2.26. The third-order valence-electron chi connectivity index (χ3n) is 3.06. The number of hydrogen-bond acceptors (Lipinski definition) is 1. The average Bonchev–Trinajstić information content (AvgIpc) is 2.70. The Labute approximate surface area is 108 Å². The van der Waals surface area contributed by atoms with Crippen LogP contribution in [0.1, 0.15) is 11.1 Å². The molecule has 0 amide bonds. The zero-order valence-corrected chi connectivity index (χ0v) is 10.5. The minimum atomic E-state index is 0.784. The molecule has 0 unspecified atom stereocenters. The summed E-state index contributed by atoms with van der Waals surface area (Å²) >= 11 is 0. The first-order valence-electron chi connectivity index (χ1n) is 5.95. The number of hydrogen-bond donors (Lipinski definition) is 0. The maximum Gasteiger partial charge on any atom is 0.137 e. The molecule has 0 N–H and O–H groups in total. The Hall–Kier alpha value is -2.03. The van der Waals surface area contributed by atoms with Crippen molar-refractivity contribution in [3.63, 3.8) is 0 Å². The fraction of sp³-hybridized carbons (Fsp3) is 0.133. The van der Waals surface area contributed by atoms with Gasteiger partial charge in [-0.2, -0.15) is 0 Å². The zero-order chi connectivity index (χ0) is 12.7. The van der Waals surface area contributed by atoms with Crippen molar-refractivity contribution >= 4 is 19.0 Å². The topological polar surface area (TPSA) is 17.3 Å². The van der Waals surface area contributed by atoms with E-state index in [1.165, 1.54) is 5.56 Å². The predicted octanol–water partition coefficient (Wildman–Crippen LogP) is 2.41. The van der Waals surface area contributed by atoms with Gasteiger partial charge in [0.15, 0.2) is 0 Å². The van der Waals surface area contributed by atoms with Gasteiger partial charge in [-0.15, -0.1) is 0 Å². The van der Waals surface area contributed by atoms with Crippen molar-refractivity contribution < 1.29 is 0 Å². The van der Waals surface area contributed by atoms with Crippen LogP contribution in [0.5, 0.6) is 0 Å². The van der Waals surface area contributed by atoms with Crippen molar-refractivity contribution in [2.75, 3.05) is 0 Å². The molecular formula is C15H13BN2. The molecule has 3 aromatic rings. The van der Waals surface area contributed by atoms with E-state index in [1.54, 1.807) is 0 Å². The number of fused-ring (bicyclic) bond motifs is 1. The van der Waals surface area contributed by atoms with Crippen LogP contribution in [-0.4, -0.2) is 17.2 Å². The lowest BCUT2D eigenvalue weighted by Crippen LogP contribution is -2.03. The second-order valence-electron chi connectivity index (χ2n) is 4.71. The third-order valence-corrected chi connectivity index (χ3v) is 3.06. The molecule has 0 fully saturated rings. The van der Waals surface area contributed by atoms with E-state index >= 15 is 0 Å². The number of aryl methyl sites for hydroxylation is 2. The molecule has 0 aliphatic heterocycles. The van der Waals surface area contributed by atoms with Gasteiger partial charge in [-0.05, 0) is 43.2 Å². The minimum absolute atomic E-state index is 0.784. The van der Waals surface area contributed by atoms with Gasteiger partial charge in [-0.3, -0.25) is 4.40 Å². The lowest BCUT2D eigenvalue weighted by Gasteiger charge is -2.05. The summed E-state index contributed by atoms with van der Waals surface area (Å²) in [6.07, 6.45) is 3.94. The van der Waals surface area contributed by atoms with E-state index in [9.17, 15) is 0 Å². The Morgan fingerprint density at radius 3 is 2.67 bits per heavy atom. The number of imidazole rings is 1. The predicted molar refractivity (Wildman–Crippen MR) is 75.5 cm³/mol. The normalized spacial score (nSPS) is 11.0. The molecule has 1 aromatic carbocycles. The molecule has 0 aliphatic rings. The molecule has 0 spiro atoms. The van der Waals surface area contributed by atoms with E-state index < -0.39 is 0 Å². The van der Waals surface area contributed by atoms with Crippen molar-refractivity contribution in [2.24, 2.45) is 0 Å². The molecule has 2 radical (unpaired) electrons. The van der Waals surface area contributed by atoms with Crippen LogP contribution in [0.3, 0.4) is 0 Å². The Morgan fingerprint density at radius 2 is 1.89 bits per heavy atom. The SMILES string of the molecule is [B]c1cc(C)cc(-c2cnc3cc(C)ccn23)c1. The van der Waals surface area contributed by atoms with Gasteiger partial charge in [-0.1, -0.05) is 23.2 Å². The van der Waals surface area contributed by atoms with Gasteiger partial charge < -0.3 is 0 Å². The molecule has 0 bridgehead atoms. The molecule has 2 heterocycles. The molecular weight excluding hydrogens is 219 g/mol. The highest BCUT2D eigenvalue weighted by Crippen LogP contribution is 2.21. The highest BCUT2D eigenvalue weighted by molar-refractivity contribution is 6.32. The maximum absolute atomic E-state index is 5.90. The third kappa shape index (κ3) is 1.82. The molecule has 18 heavy (non-hydrogen) atoms. The van der Waals surface area contributed by atoms with Crippen LogP contribution in [-0.2, 0) is 0 Å². The van der Waals surface area contributed by atoms with Gasteiger partial charge in [0.05, 0.1) is 11.9 Å². The Bertz CT molecular complexity index is 708. The molecule has 0 saturated heterocycles. The summed E-state index contributed by atoms with van der Waals surface area (Å²) in [5.41, 5.74) is 6.29. The van der Waals surface area contributed by atoms with E-state index in [-0.39, 0.29) is 0 Å². The van der Waals surface area contributed by atoms with Crippen LogP contribution in [0.4, 0.5) is 0 Å². The van der Waals surface area contributed by atoms with E-state index in [0.717, 1.165) is 27.9 Å². The smallest absolute Gasteiger partial charge is 0.137 e. The Balaban J connectivity index is 2.25. The van der Waals surface area contributed by atoms with Crippen LogP contribution in [0.15, 0.2) is 42.7 Å². The van der Waals surface area contributed by atoms with E-state index in [0.29, 0.717) is 0 Å². The van der Waals surface area contributed by atoms with Crippen LogP contribution >= 0.6 is 0 Å². The lowest BCUT2D eigenvalue weighted by atomic mass is 9.91. The minimum Gasteiger partial charge on any atom is -0.300 e. The summed E-state index contributed by atoms with van der Waals surface area (Å²) in [7, 11) is 5.90. The first-order valence-corrected chi connectivity index (χ1v) is 5.95. The van der Waals surface area contributed by atoms with E-state index in [2.05, 4.69) is 34.5 Å². The van der Waals surface area contributed by atoms with Crippen molar-refractivity contribution in [1.82, 2.24) is 9.38 Å². The highest BCUT2D eigenvalue weighted by atomic mass is 15.0. The van der Waals surface area contributed by atoms with Gasteiger partial charge >= 0.3 is 0 Å². The summed E-state index contributed by atoms with van der Waals surface area (Å²) in [4.78, 5) is 4.44. The highest BCUT2D eigenvalue weighted by Gasteiger charge is 2.06. The van der Waals surface area contributed by atoms with Crippen LogP contribution in [0.2, 0.25) is 0 Å². The monoisotopic (exact) mass is 232 g/mol. The van der Waals surface area contributed by atoms with Gasteiger partial charge in [0.2, 0.25) is 0 Å². The van der Waals surface area contributed by atoms with Crippen molar-refractivity contribution in [3.8, 4) is 11.3 Å². The number of aromatic nitrogens is 2. The maximum atomic E-state index is 5.90. The molecule has 2 aromatic heterocycles. The van der Waals surface area contributed by atoms with Gasteiger partial charge in [0, 0.05) is 6.20 Å². The zero-order valence-electron chi connectivity index (χ0n) is 10.5. The molecule has 2 nitrogen and oxygen atoms in total. The second-order valence-corrected chi connectivity index (χ2v) is 4.71. The van der Waals surface area contributed by atoms with Gasteiger partial charge in [0.25, 0.3) is 0 Å². The largest absolute Gasteiger partial charge is 0.300 e. The first-order chi connectivity index (χ1) is 8.63. The summed E-state index contributed by atoms with van der Waals surface area (Å²) in [5.74, 6) is 0. The van der Waals surface area contributed by atoms with Crippen LogP contribution in [0.25, 0.3) is 16.9 Å². The molecule has 0 atom stereocenters. The summed E-state index contributed by atoms with van der Waals surface area (Å²) in [6, 6.07) is 10.2. The molecule has 0 aliphatic carbocycles. The second kappa shape index (κ2) is 4.02. The van der Waals surface area contributed by atoms with Crippen molar-refractivity contribution in [3.05, 3.63) is 53.9 Å². The number of pyridine rings is 1. The number of benzene rings is 1. The molecule has 3 heteroatoms. The van der Waals surface area contributed by atoms with E-state index in [4.69, 9.17) is 7.85 Å². The molecule has 86 valence electrons. The van der Waals surface area contributed by atoms with E-state index in [1.807, 2.05) is 31.5 Å². The van der Waals surface area contributed by atoms with Gasteiger partial charge in [-0.25, -0.2) is 4.98 Å². The summed E-state index contributed by atoms with van der Waals surface area (Å²) in [6.45, 7) is 4.12. The fourth-order valence-electron chi connectivity index (χ4n) is 2.26. The van der Waals surface area contributed by atoms with Gasteiger partial charge in [0.1, 0.15) is 13.5 Å². The standard InChI is InChI=1S/C15H13BN2/c1-10-3-4-18-14(9-17-15(18)7-10)12-5-11(2)6-13(16)8-12/h3-9H,1-2H3. The quantitative estimate of drug-likeness (QED) is 0.589. The summed E-state index contributed by atoms with van der Waals surface area (Å²) < 4.78 is 2.08. The molecule has 3 rings (SSSR count). The Kier molecular flexibility index (Phi) is 2.48. The average molecular weight is 232 g/mol. The van der Waals surface area contributed by atoms with Crippen molar-refractivity contribution in [2.45, 2.75) is 13.8 Å². The summed E-state index contributed by atoms with van der Waals surface area (Å²) in [5, 5.41) is 0. The van der Waals surface area contributed by atoms with Crippen LogP contribution < -0.4 is 5.46 Å². The van der Waals surface area contributed by atoms with Crippen LogP contribution in [0, 0.1) is 13.8 Å². The first kappa shape index (κ1) is 11.1. The molecule has 0 saturated carbocycles. The Morgan fingerprint density at radius 1 is 1.06 bits per heavy atom. The number of rotatable bonds is 1. The van der Waals surface area contributed by atoms with Crippen molar-refractivity contribution in [1.29, 1.82) is 0 Å². The number of nitrogens with zero attached hydrogens (tertiary/aromatic N) is 2. The lowest BCUT2D eigenvalue weighted by molar-refractivity contribution is 1.17.